The molecule has 4 rings (SSSR count). The number of aliphatic hydroxyl groups is 1. The van der Waals surface area contributed by atoms with Gasteiger partial charge >= 0.3 is 0 Å². The number of hydrogen-bond donors (Lipinski definition) is 1. The van der Waals surface area contributed by atoms with Gasteiger partial charge in [-0.3, -0.25) is 9.78 Å². The van der Waals surface area contributed by atoms with Gasteiger partial charge in [0.25, 0.3) is 0 Å². The van der Waals surface area contributed by atoms with Crippen molar-refractivity contribution >= 4 is 22.9 Å². The van der Waals surface area contributed by atoms with Gasteiger partial charge in [0, 0.05) is 36.3 Å². The molecule has 26 heavy (non-hydrogen) atoms. The Morgan fingerprint density at radius 3 is 2.88 bits per heavy atom. The number of nitrogens with zero attached hydrogens (tertiary/aromatic N) is 5. The van der Waals surface area contributed by atoms with E-state index in [-0.39, 0.29) is 11.9 Å². The van der Waals surface area contributed by atoms with Gasteiger partial charge in [-0.25, -0.2) is 4.68 Å². The predicted octanol–water partition coefficient (Wildman–Crippen LogP) is 1.98. The van der Waals surface area contributed by atoms with Crippen molar-refractivity contribution in [2.45, 2.75) is 19.1 Å². The van der Waals surface area contributed by atoms with Gasteiger partial charge in [0.15, 0.2) is 0 Å². The highest BCUT2D eigenvalue weighted by Gasteiger charge is 2.31. The van der Waals surface area contributed by atoms with Crippen molar-refractivity contribution < 1.29 is 9.90 Å². The van der Waals surface area contributed by atoms with Crippen LogP contribution in [-0.2, 0) is 4.79 Å². The summed E-state index contributed by atoms with van der Waals surface area (Å²) < 4.78 is 1.71. The summed E-state index contributed by atoms with van der Waals surface area (Å²) >= 11 is 0. The number of likely N-dealkylation sites (tertiary alicyclic amines) is 1. The van der Waals surface area contributed by atoms with Gasteiger partial charge in [-0.15, -0.1) is 5.10 Å². The maximum absolute atomic E-state index is 12.4. The normalized spacial score (nSPS) is 16.2. The predicted molar refractivity (Wildman–Crippen MR) is 97.0 cm³/mol. The number of rotatable bonds is 4. The summed E-state index contributed by atoms with van der Waals surface area (Å²) in [7, 11) is 0. The van der Waals surface area contributed by atoms with Crippen LogP contribution in [0.5, 0.6) is 0 Å². The van der Waals surface area contributed by atoms with Crippen LogP contribution < -0.4 is 0 Å². The maximum atomic E-state index is 12.4. The fraction of sp³-hybridized carbons (Fsp3) is 0.263. The first-order chi connectivity index (χ1) is 12.6. The van der Waals surface area contributed by atoms with Crippen LogP contribution in [0.1, 0.15) is 30.3 Å². The molecule has 1 amide bonds. The highest BCUT2D eigenvalue weighted by atomic mass is 16.3. The van der Waals surface area contributed by atoms with E-state index in [2.05, 4.69) is 15.3 Å². The van der Waals surface area contributed by atoms with E-state index in [1.807, 2.05) is 36.4 Å². The second-order valence-electron chi connectivity index (χ2n) is 6.45. The summed E-state index contributed by atoms with van der Waals surface area (Å²) in [5.74, 6) is -0.0370. The lowest BCUT2D eigenvalue weighted by atomic mass is 10.1. The minimum absolute atomic E-state index is 0.0370. The third-order valence-corrected chi connectivity index (χ3v) is 4.57. The Morgan fingerprint density at radius 2 is 2.12 bits per heavy atom. The summed E-state index contributed by atoms with van der Waals surface area (Å²) in [6, 6.07) is 9.91. The van der Waals surface area contributed by atoms with Gasteiger partial charge in [0.2, 0.25) is 5.91 Å². The molecule has 3 aromatic rings. The number of carbonyl (C=O) groups excluding carboxylic acids is 1. The van der Waals surface area contributed by atoms with Crippen molar-refractivity contribution in [3.05, 3.63) is 60.1 Å². The Balaban J connectivity index is 1.41. The molecule has 1 N–H and O–H groups in total. The highest BCUT2D eigenvalue weighted by Crippen LogP contribution is 2.22. The topological polar surface area (TPSA) is 84.1 Å². The van der Waals surface area contributed by atoms with E-state index in [0.29, 0.717) is 18.8 Å². The first kappa shape index (κ1) is 16.4. The average Bonchev–Trinajstić information content (AvgIpc) is 3.08. The van der Waals surface area contributed by atoms with E-state index < -0.39 is 6.10 Å². The van der Waals surface area contributed by atoms with Gasteiger partial charge in [0.1, 0.15) is 5.69 Å². The molecule has 1 aliphatic rings. The van der Waals surface area contributed by atoms with Gasteiger partial charge in [0.05, 0.1) is 23.9 Å². The van der Waals surface area contributed by atoms with E-state index in [9.17, 15) is 9.90 Å². The minimum Gasteiger partial charge on any atom is -0.387 e. The zero-order valence-electron chi connectivity index (χ0n) is 14.4. The molecule has 7 nitrogen and oxygen atoms in total. The minimum atomic E-state index is -0.640. The van der Waals surface area contributed by atoms with E-state index >= 15 is 0 Å². The number of para-hydroxylation sites is 1. The molecule has 1 fully saturated rings. The van der Waals surface area contributed by atoms with Crippen molar-refractivity contribution in [3.63, 3.8) is 0 Å². The number of hydrogen-bond acceptors (Lipinski definition) is 5. The second-order valence-corrected chi connectivity index (χ2v) is 6.45. The zero-order chi connectivity index (χ0) is 18.1. The van der Waals surface area contributed by atoms with Crippen LogP contribution in [0.4, 0.5) is 0 Å². The van der Waals surface area contributed by atoms with E-state index in [0.717, 1.165) is 16.5 Å². The number of aliphatic hydroxyl groups excluding tert-OH is 1. The molecule has 0 spiro atoms. The number of aromatic nitrogens is 4. The Kier molecular flexibility index (Phi) is 4.22. The lowest BCUT2D eigenvalue weighted by molar-refractivity contribution is -0.131. The van der Waals surface area contributed by atoms with Crippen LogP contribution in [0.2, 0.25) is 0 Å². The molecule has 1 saturated heterocycles. The summed E-state index contributed by atoms with van der Waals surface area (Å²) in [6.45, 7) is 2.82. The van der Waals surface area contributed by atoms with Gasteiger partial charge in [-0.05, 0) is 19.1 Å². The zero-order valence-corrected chi connectivity index (χ0v) is 14.4. The summed E-state index contributed by atoms with van der Waals surface area (Å²) in [4.78, 5) is 18.5. The molecule has 0 bridgehead atoms. The largest absolute Gasteiger partial charge is 0.387 e. The molecular formula is C19H19N5O2. The van der Waals surface area contributed by atoms with Crippen molar-refractivity contribution in [2.75, 3.05) is 13.1 Å². The van der Waals surface area contributed by atoms with Gasteiger partial charge in [-0.2, -0.15) is 0 Å². The third kappa shape index (κ3) is 3.09. The van der Waals surface area contributed by atoms with Gasteiger partial charge < -0.3 is 10.0 Å². The van der Waals surface area contributed by atoms with Crippen LogP contribution in [0.25, 0.3) is 17.0 Å². The molecule has 3 heterocycles. The molecule has 1 atom stereocenters. The van der Waals surface area contributed by atoms with Crippen molar-refractivity contribution in [1.82, 2.24) is 24.9 Å². The van der Waals surface area contributed by atoms with Crippen LogP contribution in [0, 0.1) is 0 Å². The first-order valence-electron chi connectivity index (χ1n) is 8.52. The Morgan fingerprint density at radius 1 is 1.31 bits per heavy atom. The highest BCUT2D eigenvalue weighted by molar-refractivity contribution is 5.95. The van der Waals surface area contributed by atoms with Crippen LogP contribution >= 0.6 is 0 Å². The molecular weight excluding hydrogens is 330 g/mol. The second kappa shape index (κ2) is 6.68. The van der Waals surface area contributed by atoms with Crippen LogP contribution in [0.3, 0.4) is 0 Å². The lowest BCUT2D eigenvalue weighted by Gasteiger charge is -2.38. The smallest absolute Gasteiger partial charge is 0.246 e. The van der Waals surface area contributed by atoms with E-state index in [4.69, 9.17) is 0 Å². The first-order valence-corrected chi connectivity index (χ1v) is 8.52. The summed E-state index contributed by atoms with van der Waals surface area (Å²) in [6.07, 6.45) is 6.24. The Labute approximate surface area is 150 Å². The number of pyridine rings is 1. The molecule has 1 aromatic carbocycles. The molecule has 7 heteroatoms. The van der Waals surface area contributed by atoms with E-state index in [1.165, 1.54) is 0 Å². The number of carbonyl (C=O) groups is 1. The van der Waals surface area contributed by atoms with Crippen LogP contribution in [0.15, 0.2) is 48.8 Å². The fourth-order valence-corrected chi connectivity index (χ4v) is 2.99. The molecule has 1 unspecified atom stereocenters. The van der Waals surface area contributed by atoms with Gasteiger partial charge in [-0.1, -0.05) is 29.5 Å². The average molecular weight is 349 g/mol. The van der Waals surface area contributed by atoms with Crippen molar-refractivity contribution in [3.8, 4) is 0 Å². The van der Waals surface area contributed by atoms with Crippen LogP contribution in [-0.4, -0.2) is 49.0 Å². The van der Waals surface area contributed by atoms with Crippen molar-refractivity contribution in [1.29, 1.82) is 0 Å². The molecule has 0 saturated carbocycles. The molecule has 0 radical (unpaired) electrons. The quantitative estimate of drug-likeness (QED) is 0.728. The SMILES string of the molecule is CC(O)c1cn(C2CN(C(=O)/C=C/c3cccc4cccnc34)C2)nn1. The Hall–Kier alpha value is -3.06. The van der Waals surface area contributed by atoms with Crippen molar-refractivity contribution in [2.24, 2.45) is 0 Å². The number of amides is 1. The standard InChI is InChI=1S/C19H19N5O2/c1-13(25)17-12-24(22-21-17)16-10-23(11-16)18(26)8-7-15-5-2-4-14-6-3-9-20-19(14)15/h2-9,12-13,16,25H,10-11H2,1H3/b8-7+. The molecule has 0 aliphatic carbocycles. The Bertz CT molecular complexity index is 967. The number of fused-ring (bicyclic) bond motifs is 1. The number of benzene rings is 1. The summed E-state index contributed by atoms with van der Waals surface area (Å²) in [5.41, 5.74) is 2.35. The summed E-state index contributed by atoms with van der Waals surface area (Å²) in [5, 5.41) is 18.5. The molecule has 1 aliphatic heterocycles. The maximum Gasteiger partial charge on any atom is 0.246 e. The lowest BCUT2D eigenvalue weighted by Crippen LogP contribution is -2.50. The molecule has 2 aromatic heterocycles. The molecule has 132 valence electrons. The fourth-order valence-electron chi connectivity index (χ4n) is 2.99. The third-order valence-electron chi connectivity index (χ3n) is 4.57. The van der Waals surface area contributed by atoms with E-state index in [1.54, 1.807) is 35.0 Å². The monoisotopic (exact) mass is 349 g/mol.